The number of nitrogens with one attached hydrogen (secondary N) is 3. The second kappa shape index (κ2) is 9.37. The van der Waals surface area contributed by atoms with Gasteiger partial charge < -0.3 is 10.6 Å². The fourth-order valence-electron chi connectivity index (χ4n) is 3.08. The summed E-state index contributed by atoms with van der Waals surface area (Å²) >= 11 is 1.23. The summed E-state index contributed by atoms with van der Waals surface area (Å²) in [5, 5.41) is 5.88. The smallest absolute Gasteiger partial charge is 0.319 e. The molecular weight excluding hydrogens is 444 g/mol. The highest BCUT2D eigenvalue weighted by Gasteiger charge is 2.16. The highest BCUT2D eigenvalue weighted by atomic mass is 32.2. The van der Waals surface area contributed by atoms with Crippen molar-refractivity contribution in [3.63, 3.8) is 0 Å². The molecule has 32 heavy (non-hydrogen) atoms. The molecule has 3 aromatic carbocycles. The van der Waals surface area contributed by atoms with Crippen molar-refractivity contribution < 1.29 is 13.2 Å². The lowest BCUT2D eigenvalue weighted by molar-refractivity contribution is 0.252. The molecule has 1 aromatic heterocycles. The first-order chi connectivity index (χ1) is 15.4. The van der Waals surface area contributed by atoms with Crippen LogP contribution in [0.3, 0.4) is 0 Å². The van der Waals surface area contributed by atoms with Crippen molar-refractivity contribution in [2.45, 2.75) is 18.2 Å². The SMILES string of the molecule is Cc1ccc(S(=O)(=O)Nc2nc3cc(NC(=O)NCCc4ccccc4)ccc3s2)cc1. The van der Waals surface area contributed by atoms with Crippen LogP contribution in [-0.4, -0.2) is 26.0 Å². The Labute approximate surface area is 190 Å². The molecule has 0 aliphatic heterocycles. The number of aryl methyl sites for hydroxylation is 1. The Balaban J connectivity index is 1.39. The molecule has 9 heteroatoms. The molecule has 4 rings (SSSR count). The van der Waals surface area contributed by atoms with Crippen LogP contribution in [-0.2, 0) is 16.4 Å². The number of urea groups is 1. The van der Waals surface area contributed by atoms with E-state index < -0.39 is 10.0 Å². The van der Waals surface area contributed by atoms with Gasteiger partial charge in [0.2, 0.25) is 0 Å². The number of benzene rings is 3. The van der Waals surface area contributed by atoms with Crippen LogP contribution in [0.25, 0.3) is 10.2 Å². The van der Waals surface area contributed by atoms with E-state index >= 15 is 0 Å². The molecule has 0 fully saturated rings. The largest absolute Gasteiger partial charge is 0.338 e. The average Bonchev–Trinajstić information content (AvgIpc) is 3.15. The molecule has 0 unspecified atom stereocenters. The highest BCUT2D eigenvalue weighted by molar-refractivity contribution is 7.93. The van der Waals surface area contributed by atoms with Gasteiger partial charge >= 0.3 is 6.03 Å². The summed E-state index contributed by atoms with van der Waals surface area (Å²) in [5.74, 6) is 0. The maximum absolute atomic E-state index is 12.6. The van der Waals surface area contributed by atoms with Crippen molar-refractivity contribution in [2.75, 3.05) is 16.6 Å². The van der Waals surface area contributed by atoms with Gasteiger partial charge in [-0.15, -0.1) is 0 Å². The van der Waals surface area contributed by atoms with Crippen molar-refractivity contribution in [2.24, 2.45) is 0 Å². The Bertz CT molecular complexity index is 1330. The highest BCUT2D eigenvalue weighted by Crippen LogP contribution is 2.29. The van der Waals surface area contributed by atoms with E-state index in [1.165, 1.54) is 11.3 Å². The summed E-state index contributed by atoms with van der Waals surface area (Å²) in [5.41, 5.74) is 3.30. The predicted octanol–water partition coefficient (Wildman–Crippen LogP) is 4.77. The van der Waals surface area contributed by atoms with Crippen molar-refractivity contribution in [1.82, 2.24) is 10.3 Å². The molecule has 4 aromatic rings. The Kier molecular flexibility index (Phi) is 6.38. The molecule has 0 bridgehead atoms. The zero-order valence-electron chi connectivity index (χ0n) is 17.3. The molecule has 1 heterocycles. The maximum Gasteiger partial charge on any atom is 0.319 e. The van der Waals surface area contributed by atoms with Crippen LogP contribution >= 0.6 is 11.3 Å². The van der Waals surface area contributed by atoms with Gasteiger partial charge in [-0.05, 0) is 49.2 Å². The molecule has 0 radical (unpaired) electrons. The molecule has 0 aliphatic rings. The van der Waals surface area contributed by atoms with Crippen molar-refractivity contribution >= 4 is 48.4 Å². The minimum atomic E-state index is -3.72. The van der Waals surface area contributed by atoms with Crippen LogP contribution in [0, 0.1) is 6.92 Å². The topological polar surface area (TPSA) is 100 Å². The summed E-state index contributed by atoms with van der Waals surface area (Å²) in [6, 6.07) is 21.5. The first-order valence-corrected chi connectivity index (χ1v) is 12.3. The lowest BCUT2D eigenvalue weighted by Gasteiger charge is -2.07. The van der Waals surface area contributed by atoms with Gasteiger partial charge in [-0.2, -0.15) is 0 Å². The van der Waals surface area contributed by atoms with Crippen LogP contribution in [0.5, 0.6) is 0 Å². The normalized spacial score (nSPS) is 11.3. The van der Waals surface area contributed by atoms with E-state index in [0.29, 0.717) is 17.7 Å². The lowest BCUT2D eigenvalue weighted by atomic mass is 10.1. The van der Waals surface area contributed by atoms with Crippen LogP contribution < -0.4 is 15.4 Å². The van der Waals surface area contributed by atoms with Crippen LogP contribution in [0.2, 0.25) is 0 Å². The van der Waals surface area contributed by atoms with E-state index in [-0.39, 0.29) is 16.1 Å². The number of nitrogens with zero attached hydrogens (tertiary/aromatic N) is 1. The first kappa shape index (κ1) is 21.8. The van der Waals surface area contributed by atoms with Crippen molar-refractivity contribution in [1.29, 1.82) is 0 Å². The summed E-state index contributed by atoms with van der Waals surface area (Å²) in [6.45, 7) is 2.41. The molecule has 0 saturated carbocycles. The molecule has 0 atom stereocenters. The monoisotopic (exact) mass is 466 g/mol. The zero-order valence-corrected chi connectivity index (χ0v) is 19.0. The number of carbonyl (C=O) groups is 1. The molecule has 0 saturated heterocycles. The Morgan fingerprint density at radius 2 is 1.75 bits per heavy atom. The number of rotatable bonds is 7. The van der Waals surface area contributed by atoms with Gasteiger partial charge in [0, 0.05) is 12.2 Å². The maximum atomic E-state index is 12.6. The van der Waals surface area contributed by atoms with E-state index in [0.717, 1.165) is 22.2 Å². The zero-order chi connectivity index (χ0) is 22.6. The van der Waals surface area contributed by atoms with Gasteiger partial charge in [0.25, 0.3) is 10.0 Å². The summed E-state index contributed by atoms with van der Waals surface area (Å²) in [6.07, 6.45) is 0.740. The number of hydrogen-bond acceptors (Lipinski definition) is 5. The second-order valence-electron chi connectivity index (χ2n) is 7.24. The molecule has 0 aliphatic carbocycles. The Morgan fingerprint density at radius 1 is 1.00 bits per heavy atom. The van der Waals surface area contributed by atoms with Crippen molar-refractivity contribution in [3.05, 3.63) is 83.9 Å². The van der Waals surface area contributed by atoms with Gasteiger partial charge in [-0.3, -0.25) is 4.72 Å². The number of aromatic nitrogens is 1. The van der Waals surface area contributed by atoms with Gasteiger partial charge in [-0.1, -0.05) is 59.4 Å². The van der Waals surface area contributed by atoms with E-state index in [4.69, 9.17) is 0 Å². The molecule has 3 N–H and O–H groups in total. The molecule has 7 nitrogen and oxygen atoms in total. The minimum absolute atomic E-state index is 0.178. The molecular formula is C23H22N4O3S2. The van der Waals surface area contributed by atoms with E-state index in [2.05, 4.69) is 20.3 Å². The number of carbonyl (C=O) groups excluding carboxylic acids is 1. The van der Waals surface area contributed by atoms with Crippen molar-refractivity contribution in [3.8, 4) is 0 Å². The number of amides is 2. The number of sulfonamides is 1. The van der Waals surface area contributed by atoms with Crippen LogP contribution in [0.1, 0.15) is 11.1 Å². The fraction of sp³-hybridized carbons (Fsp3) is 0.130. The van der Waals surface area contributed by atoms with Gasteiger partial charge in [0.15, 0.2) is 5.13 Å². The molecule has 0 spiro atoms. The second-order valence-corrected chi connectivity index (χ2v) is 9.95. The number of anilines is 2. The van der Waals surface area contributed by atoms with Gasteiger partial charge in [-0.25, -0.2) is 18.2 Å². The third-order valence-corrected chi connectivity index (χ3v) is 7.18. The third-order valence-electron chi connectivity index (χ3n) is 4.74. The average molecular weight is 467 g/mol. The molecule has 164 valence electrons. The summed E-state index contributed by atoms with van der Waals surface area (Å²) in [7, 11) is -3.72. The summed E-state index contributed by atoms with van der Waals surface area (Å²) < 4.78 is 28.5. The number of thiazole rings is 1. The summed E-state index contributed by atoms with van der Waals surface area (Å²) in [4.78, 5) is 16.7. The predicted molar refractivity (Wildman–Crippen MR) is 129 cm³/mol. The standard InChI is InChI=1S/C23H22N4O3S2/c1-16-7-10-19(11-8-16)32(29,30)27-23-26-20-15-18(9-12-21(20)31-23)25-22(28)24-14-13-17-5-3-2-4-6-17/h2-12,15H,13-14H2,1H3,(H,26,27)(H2,24,25,28). The van der Waals surface area contributed by atoms with Crippen LogP contribution in [0.15, 0.2) is 77.7 Å². The molecule has 2 amide bonds. The van der Waals surface area contributed by atoms with Gasteiger partial charge in [0.1, 0.15) is 0 Å². The Hall–Kier alpha value is -3.43. The fourth-order valence-corrected chi connectivity index (χ4v) is 5.16. The number of fused-ring (bicyclic) bond motifs is 1. The van der Waals surface area contributed by atoms with Crippen LogP contribution in [0.4, 0.5) is 15.6 Å². The van der Waals surface area contributed by atoms with E-state index in [9.17, 15) is 13.2 Å². The quantitative estimate of drug-likeness (QED) is 0.365. The third kappa shape index (κ3) is 5.43. The Morgan fingerprint density at radius 3 is 2.50 bits per heavy atom. The first-order valence-electron chi connectivity index (χ1n) is 9.98. The number of hydrogen-bond donors (Lipinski definition) is 3. The van der Waals surface area contributed by atoms with Gasteiger partial charge in [0.05, 0.1) is 15.1 Å². The van der Waals surface area contributed by atoms with E-state index in [1.807, 2.05) is 37.3 Å². The lowest BCUT2D eigenvalue weighted by Crippen LogP contribution is -2.30. The van der Waals surface area contributed by atoms with E-state index in [1.54, 1.807) is 42.5 Å². The minimum Gasteiger partial charge on any atom is -0.338 e.